The molecule has 9 nitrogen and oxygen atoms in total. The Morgan fingerprint density at radius 1 is 1.39 bits per heavy atom. The molecule has 13 heteroatoms. The second-order valence-corrected chi connectivity index (χ2v) is 9.70. The number of hydrogen-bond acceptors (Lipinski definition) is 9. The van der Waals surface area contributed by atoms with Gasteiger partial charge in [-0.05, 0) is 22.9 Å². The second-order valence-electron chi connectivity index (χ2n) is 6.80. The fourth-order valence-corrected chi connectivity index (χ4v) is 5.00. The van der Waals surface area contributed by atoms with Crippen molar-refractivity contribution in [1.82, 2.24) is 35.8 Å². The van der Waals surface area contributed by atoms with Crippen LogP contribution in [0.1, 0.15) is 5.56 Å². The Kier molecular flexibility index (Phi) is 7.75. The van der Waals surface area contributed by atoms with Gasteiger partial charge in [-0.1, -0.05) is 41.0 Å². The zero-order valence-corrected chi connectivity index (χ0v) is 19.4. The number of ether oxygens (including phenoxy) is 1. The molecule has 1 amide bonds. The van der Waals surface area contributed by atoms with Crippen LogP contribution in [-0.4, -0.2) is 74.5 Å². The van der Waals surface area contributed by atoms with Gasteiger partial charge in [-0.15, -0.1) is 21.5 Å². The van der Waals surface area contributed by atoms with Crippen LogP contribution in [-0.2, 0) is 16.1 Å². The largest absolute Gasteiger partial charge is 0.374 e. The van der Waals surface area contributed by atoms with E-state index in [1.54, 1.807) is 0 Å². The zero-order chi connectivity index (χ0) is 21.6. The van der Waals surface area contributed by atoms with E-state index in [4.69, 9.17) is 27.9 Å². The van der Waals surface area contributed by atoms with Crippen molar-refractivity contribution in [3.63, 3.8) is 0 Å². The van der Waals surface area contributed by atoms with Gasteiger partial charge in [-0.2, -0.15) is 5.21 Å². The summed E-state index contributed by atoms with van der Waals surface area (Å²) in [7, 11) is 0. The molecule has 2 N–H and O–H groups in total. The van der Waals surface area contributed by atoms with Crippen molar-refractivity contribution in [3.05, 3.63) is 39.2 Å². The number of thioether (sulfide) groups is 1. The van der Waals surface area contributed by atoms with Gasteiger partial charge in [-0.25, -0.2) is 4.98 Å². The highest BCUT2D eigenvalue weighted by molar-refractivity contribution is 8.01. The molecule has 0 radical (unpaired) electrons. The average Bonchev–Trinajstić information content (AvgIpc) is 3.45. The van der Waals surface area contributed by atoms with Gasteiger partial charge in [0.15, 0.2) is 4.34 Å². The van der Waals surface area contributed by atoms with E-state index in [2.05, 4.69) is 35.8 Å². The number of hydrogen-bond donors (Lipinski definition) is 2. The maximum Gasteiger partial charge on any atom is 0.230 e. The van der Waals surface area contributed by atoms with E-state index in [9.17, 15) is 4.79 Å². The summed E-state index contributed by atoms with van der Waals surface area (Å²) in [6, 6.07) is 5.67. The van der Waals surface area contributed by atoms with Gasteiger partial charge < -0.3 is 10.1 Å². The molecule has 1 aromatic carbocycles. The maximum absolute atomic E-state index is 12.2. The van der Waals surface area contributed by atoms with Gasteiger partial charge in [0.1, 0.15) is 5.69 Å². The van der Waals surface area contributed by atoms with Crippen LogP contribution in [0.25, 0.3) is 11.5 Å². The molecular formula is C18H19Cl2N7O2S2. The fraction of sp³-hybridized carbons (Fsp3) is 0.389. The van der Waals surface area contributed by atoms with Crippen molar-refractivity contribution in [1.29, 1.82) is 0 Å². The molecular weight excluding hydrogens is 481 g/mol. The SMILES string of the molecule is O=C(CSc1nc(-c2nn[nH]n2)cs1)NC[C@H]1CN(Cc2ccc(Cl)c(Cl)c2)CCO1. The quantitative estimate of drug-likeness (QED) is 0.455. The minimum Gasteiger partial charge on any atom is -0.374 e. The number of H-pyrrole nitrogens is 1. The summed E-state index contributed by atoms with van der Waals surface area (Å²) >= 11 is 14.9. The van der Waals surface area contributed by atoms with E-state index in [-0.39, 0.29) is 17.8 Å². The van der Waals surface area contributed by atoms with Crippen molar-refractivity contribution in [2.45, 2.75) is 17.0 Å². The highest BCUT2D eigenvalue weighted by Gasteiger charge is 2.21. The number of thiazole rings is 1. The Bertz CT molecular complexity index is 1020. The molecule has 0 saturated carbocycles. The number of aromatic nitrogens is 5. The highest BCUT2D eigenvalue weighted by Crippen LogP contribution is 2.26. The molecule has 0 unspecified atom stereocenters. The highest BCUT2D eigenvalue weighted by atomic mass is 35.5. The minimum atomic E-state index is -0.0634. The zero-order valence-electron chi connectivity index (χ0n) is 16.3. The number of tetrazole rings is 1. The van der Waals surface area contributed by atoms with Crippen LogP contribution < -0.4 is 5.32 Å². The van der Waals surface area contributed by atoms with Gasteiger partial charge in [0.25, 0.3) is 0 Å². The fourth-order valence-electron chi connectivity index (χ4n) is 3.05. The van der Waals surface area contributed by atoms with E-state index < -0.39 is 0 Å². The van der Waals surface area contributed by atoms with Gasteiger partial charge >= 0.3 is 0 Å². The number of benzene rings is 1. The Hall–Kier alpha value is -1.76. The maximum atomic E-state index is 12.2. The molecule has 2 aromatic heterocycles. The summed E-state index contributed by atoms with van der Waals surface area (Å²) < 4.78 is 6.58. The molecule has 31 heavy (non-hydrogen) atoms. The first kappa shape index (κ1) is 22.4. The first-order valence-electron chi connectivity index (χ1n) is 9.43. The number of carbonyl (C=O) groups excluding carboxylic acids is 1. The van der Waals surface area contributed by atoms with Gasteiger partial charge in [-0.3, -0.25) is 9.69 Å². The number of rotatable bonds is 8. The average molecular weight is 500 g/mol. The van der Waals surface area contributed by atoms with Crippen molar-refractivity contribution in [2.24, 2.45) is 0 Å². The van der Waals surface area contributed by atoms with E-state index in [1.165, 1.54) is 23.1 Å². The number of morpholine rings is 1. The lowest BCUT2D eigenvalue weighted by atomic mass is 10.2. The molecule has 0 aliphatic carbocycles. The molecule has 1 saturated heterocycles. The predicted molar refractivity (Wildman–Crippen MR) is 120 cm³/mol. The smallest absolute Gasteiger partial charge is 0.230 e. The van der Waals surface area contributed by atoms with E-state index in [0.29, 0.717) is 34.7 Å². The molecule has 1 fully saturated rings. The summed E-state index contributed by atoms with van der Waals surface area (Å²) in [5.74, 6) is 0.651. The topological polar surface area (TPSA) is 109 Å². The van der Waals surface area contributed by atoms with Crippen LogP contribution in [0.4, 0.5) is 0 Å². The van der Waals surface area contributed by atoms with Gasteiger partial charge in [0, 0.05) is 31.6 Å². The van der Waals surface area contributed by atoms with Crippen molar-refractivity contribution in [3.8, 4) is 11.5 Å². The third-order valence-electron chi connectivity index (χ3n) is 4.52. The standard InChI is InChI=1S/C18H19Cl2N7O2S2/c19-13-2-1-11(5-14(13)20)7-27-3-4-29-12(8-27)6-21-16(28)10-31-18-22-15(9-30-18)17-23-25-26-24-17/h1-2,5,9,12H,3-4,6-8,10H2,(H,21,28)(H,23,24,25,26)/t12-/m0/s1. The summed E-state index contributed by atoms with van der Waals surface area (Å²) in [5, 5.41) is 19.6. The Morgan fingerprint density at radius 2 is 2.29 bits per heavy atom. The van der Waals surface area contributed by atoms with Crippen LogP contribution >= 0.6 is 46.3 Å². The molecule has 1 aliphatic rings. The van der Waals surface area contributed by atoms with Crippen molar-refractivity contribution in [2.75, 3.05) is 32.0 Å². The number of nitrogens with one attached hydrogen (secondary N) is 2. The first-order valence-corrected chi connectivity index (χ1v) is 12.1. The molecule has 0 spiro atoms. The number of nitrogens with zero attached hydrogens (tertiary/aromatic N) is 5. The third kappa shape index (κ3) is 6.37. The minimum absolute atomic E-state index is 0.0600. The first-order chi connectivity index (χ1) is 15.1. The number of halogens is 2. The van der Waals surface area contributed by atoms with Gasteiger partial charge in [0.2, 0.25) is 11.7 Å². The summed E-state index contributed by atoms with van der Waals surface area (Å²) in [4.78, 5) is 18.9. The molecule has 3 heterocycles. The molecule has 4 rings (SSSR count). The normalized spacial score (nSPS) is 17.0. The summed E-state index contributed by atoms with van der Waals surface area (Å²) in [6.07, 6.45) is -0.0600. The van der Waals surface area contributed by atoms with Crippen molar-refractivity contribution < 1.29 is 9.53 Å². The Morgan fingerprint density at radius 3 is 3.10 bits per heavy atom. The van der Waals surface area contributed by atoms with Crippen LogP contribution in [0.3, 0.4) is 0 Å². The van der Waals surface area contributed by atoms with Crippen LogP contribution in [0.15, 0.2) is 27.9 Å². The Labute approximate surface area is 196 Å². The molecule has 164 valence electrons. The Balaban J connectivity index is 1.19. The lowest BCUT2D eigenvalue weighted by molar-refractivity contribution is -0.119. The van der Waals surface area contributed by atoms with E-state index >= 15 is 0 Å². The molecule has 1 aliphatic heterocycles. The molecule has 1 atom stereocenters. The lowest BCUT2D eigenvalue weighted by Crippen LogP contribution is -2.47. The van der Waals surface area contributed by atoms with Crippen LogP contribution in [0.5, 0.6) is 0 Å². The predicted octanol–water partition coefficient (Wildman–Crippen LogP) is 2.74. The van der Waals surface area contributed by atoms with Crippen molar-refractivity contribution >= 4 is 52.2 Å². The third-order valence-corrected chi connectivity index (χ3v) is 7.28. The molecule has 3 aromatic rings. The number of amides is 1. The second kappa shape index (κ2) is 10.7. The van der Waals surface area contributed by atoms with Crippen LogP contribution in [0, 0.1) is 0 Å². The van der Waals surface area contributed by atoms with Crippen LogP contribution in [0.2, 0.25) is 10.0 Å². The lowest BCUT2D eigenvalue weighted by Gasteiger charge is -2.33. The monoisotopic (exact) mass is 499 g/mol. The molecule has 0 bridgehead atoms. The summed E-state index contributed by atoms with van der Waals surface area (Å²) in [5.41, 5.74) is 1.73. The number of aromatic amines is 1. The summed E-state index contributed by atoms with van der Waals surface area (Å²) in [6.45, 7) is 3.40. The van der Waals surface area contributed by atoms with E-state index in [1.807, 2.05) is 23.6 Å². The van der Waals surface area contributed by atoms with E-state index in [0.717, 1.165) is 29.5 Å². The van der Waals surface area contributed by atoms with Gasteiger partial charge in [0.05, 0.1) is 28.5 Å². The number of carbonyl (C=O) groups is 1.